The maximum absolute atomic E-state index is 10.7. The van der Waals surface area contributed by atoms with Gasteiger partial charge in [0.25, 0.3) is 5.69 Å². The molecule has 3 N–H and O–H groups in total. The minimum absolute atomic E-state index is 0.0440. The summed E-state index contributed by atoms with van der Waals surface area (Å²) in [6, 6.07) is 4.38. The maximum atomic E-state index is 10.7. The number of aromatic nitrogens is 2. The third-order valence-electron chi connectivity index (χ3n) is 2.46. The summed E-state index contributed by atoms with van der Waals surface area (Å²) in [4.78, 5) is 18.5. The first-order chi connectivity index (χ1) is 9.04. The predicted octanol–water partition coefficient (Wildman–Crippen LogP) is 1.89. The van der Waals surface area contributed by atoms with Gasteiger partial charge >= 0.3 is 0 Å². The van der Waals surface area contributed by atoms with Gasteiger partial charge in [-0.15, -0.1) is 0 Å². The molecule has 1 aromatic carbocycles. The van der Waals surface area contributed by atoms with Crippen molar-refractivity contribution < 1.29 is 4.92 Å². The Morgan fingerprint density at radius 3 is 2.74 bits per heavy atom. The molecule has 1 aromatic heterocycles. The summed E-state index contributed by atoms with van der Waals surface area (Å²) in [5.74, 6) is 0. The number of nitrogens with two attached hydrogens (primary N) is 1. The zero-order valence-electron chi connectivity index (χ0n) is 10.3. The summed E-state index contributed by atoms with van der Waals surface area (Å²) in [6.07, 6.45) is 3.32. The molecule has 19 heavy (non-hydrogen) atoms. The van der Waals surface area contributed by atoms with Crippen molar-refractivity contribution in [1.29, 1.82) is 0 Å². The lowest BCUT2D eigenvalue weighted by molar-refractivity contribution is -0.384. The third-order valence-corrected chi connectivity index (χ3v) is 2.46. The van der Waals surface area contributed by atoms with Crippen LogP contribution in [0.1, 0.15) is 11.4 Å². The Balaban J connectivity index is 2.11. The minimum atomic E-state index is -0.479. The average Bonchev–Trinajstić information content (AvgIpc) is 2.37. The first kappa shape index (κ1) is 12.7. The zero-order chi connectivity index (χ0) is 13.8. The molecular weight excluding hydrogens is 246 g/mol. The number of nitrogens with zero attached hydrogens (tertiary/aromatic N) is 3. The van der Waals surface area contributed by atoms with Crippen LogP contribution in [0, 0.1) is 17.0 Å². The predicted molar refractivity (Wildman–Crippen MR) is 71.6 cm³/mol. The van der Waals surface area contributed by atoms with Crippen LogP contribution < -0.4 is 11.1 Å². The van der Waals surface area contributed by atoms with E-state index in [1.165, 1.54) is 12.1 Å². The number of hydrogen-bond acceptors (Lipinski definition) is 6. The van der Waals surface area contributed by atoms with Crippen molar-refractivity contribution in [1.82, 2.24) is 9.97 Å². The van der Waals surface area contributed by atoms with Gasteiger partial charge in [-0.25, -0.2) is 0 Å². The zero-order valence-corrected chi connectivity index (χ0v) is 10.3. The highest BCUT2D eigenvalue weighted by atomic mass is 16.6. The number of rotatable bonds is 4. The molecule has 0 unspecified atom stereocenters. The van der Waals surface area contributed by atoms with Gasteiger partial charge in [0.05, 0.1) is 29.1 Å². The first-order valence-electron chi connectivity index (χ1n) is 5.61. The van der Waals surface area contributed by atoms with Crippen LogP contribution in [-0.4, -0.2) is 14.9 Å². The van der Waals surface area contributed by atoms with Crippen molar-refractivity contribution >= 4 is 17.1 Å². The Labute approximate surface area is 109 Å². The highest BCUT2D eigenvalue weighted by Crippen LogP contribution is 2.22. The topological polar surface area (TPSA) is 107 Å². The molecule has 1 heterocycles. The van der Waals surface area contributed by atoms with Crippen LogP contribution in [0.15, 0.2) is 30.6 Å². The van der Waals surface area contributed by atoms with Crippen molar-refractivity contribution in [2.24, 2.45) is 0 Å². The van der Waals surface area contributed by atoms with Crippen LogP contribution >= 0.6 is 0 Å². The van der Waals surface area contributed by atoms with E-state index in [4.69, 9.17) is 5.73 Å². The molecule has 0 saturated heterocycles. The number of nitrogen functional groups attached to an aromatic ring is 1. The second kappa shape index (κ2) is 5.30. The van der Waals surface area contributed by atoms with Crippen molar-refractivity contribution in [3.05, 3.63) is 52.1 Å². The molecule has 0 atom stereocenters. The maximum Gasteiger partial charge on any atom is 0.273 e. The fourth-order valence-corrected chi connectivity index (χ4v) is 1.55. The lowest BCUT2D eigenvalue weighted by Gasteiger charge is -2.06. The normalized spacial score (nSPS) is 10.2. The molecule has 0 bridgehead atoms. The molecule has 7 heteroatoms. The number of non-ortho nitro benzene ring substituents is 1. The Morgan fingerprint density at radius 2 is 2.11 bits per heavy atom. The first-order valence-corrected chi connectivity index (χ1v) is 5.61. The lowest BCUT2D eigenvalue weighted by Crippen LogP contribution is -2.03. The molecule has 0 aliphatic carbocycles. The molecule has 2 rings (SSSR count). The van der Waals surface area contributed by atoms with Gasteiger partial charge < -0.3 is 11.1 Å². The monoisotopic (exact) mass is 259 g/mol. The number of nitro groups is 1. The summed E-state index contributed by atoms with van der Waals surface area (Å²) in [5.41, 5.74) is 8.07. The molecule has 98 valence electrons. The molecule has 7 nitrogen and oxygen atoms in total. The molecule has 0 spiro atoms. The highest BCUT2D eigenvalue weighted by molar-refractivity contribution is 5.61. The number of nitrogens with one attached hydrogen (secondary N) is 1. The number of nitro benzene ring substituents is 1. The van der Waals surface area contributed by atoms with E-state index in [-0.39, 0.29) is 5.69 Å². The van der Waals surface area contributed by atoms with Crippen LogP contribution in [0.2, 0.25) is 0 Å². The van der Waals surface area contributed by atoms with Crippen molar-refractivity contribution in [2.45, 2.75) is 13.5 Å². The smallest absolute Gasteiger partial charge is 0.273 e. The second-order valence-electron chi connectivity index (χ2n) is 4.07. The van der Waals surface area contributed by atoms with E-state index in [0.29, 0.717) is 17.9 Å². The second-order valence-corrected chi connectivity index (χ2v) is 4.07. The van der Waals surface area contributed by atoms with Gasteiger partial charge in [-0.05, 0) is 13.0 Å². The Hall–Kier alpha value is -2.70. The molecule has 0 saturated carbocycles. The number of aryl methyl sites for hydroxylation is 1. The SMILES string of the molecule is Cc1cnc(CNc2cc(N)cc([N+](=O)[O-])c2)cn1. The summed E-state index contributed by atoms with van der Waals surface area (Å²) in [5, 5.41) is 13.7. The van der Waals surface area contributed by atoms with E-state index >= 15 is 0 Å². The molecule has 0 amide bonds. The van der Waals surface area contributed by atoms with Crippen LogP contribution in [0.3, 0.4) is 0 Å². The third kappa shape index (κ3) is 3.38. The fourth-order valence-electron chi connectivity index (χ4n) is 1.55. The number of benzene rings is 1. The standard InChI is InChI=1S/C12H13N5O2/c1-8-5-15-11(6-14-8)7-16-10-2-9(13)3-12(4-10)17(18)19/h2-6,16H,7,13H2,1H3. The van der Waals surface area contributed by atoms with E-state index in [0.717, 1.165) is 11.4 Å². The van der Waals surface area contributed by atoms with Gasteiger partial charge in [0, 0.05) is 29.7 Å². The van der Waals surface area contributed by atoms with Crippen molar-refractivity contribution in [2.75, 3.05) is 11.1 Å². The minimum Gasteiger partial charge on any atom is -0.398 e. The van der Waals surface area contributed by atoms with Gasteiger partial charge in [0.15, 0.2) is 0 Å². The Kier molecular flexibility index (Phi) is 3.56. The van der Waals surface area contributed by atoms with Crippen LogP contribution in [0.25, 0.3) is 0 Å². The van der Waals surface area contributed by atoms with Gasteiger partial charge in [-0.3, -0.25) is 20.1 Å². The summed E-state index contributed by atoms with van der Waals surface area (Å²) in [7, 11) is 0. The summed E-state index contributed by atoms with van der Waals surface area (Å²) < 4.78 is 0. The molecular formula is C12H13N5O2. The van der Waals surface area contributed by atoms with Gasteiger partial charge in [-0.2, -0.15) is 0 Å². The van der Waals surface area contributed by atoms with Gasteiger partial charge in [-0.1, -0.05) is 0 Å². The van der Waals surface area contributed by atoms with Crippen LogP contribution in [0.5, 0.6) is 0 Å². The fraction of sp³-hybridized carbons (Fsp3) is 0.167. The summed E-state index contributed by atoms with van der Waals surface area (Å²) in [6.45, 7) is 2.28. The van der Waals surface area contributed by atoms with E-state index in [9.17, 15) is 10.1 Å². The van der Waals surface area contributed by atoms with Crippen LogP contribution in [-0.2, 0) is 6.54 Å². The lowest BCUT2D eigenvalue weighted by atomic mass is 10.2. The number of anilines is 2. The Morgan fingerprint density at radius 1 is 1.32 bits per heavy atom. The number of hydrogen-bond donors (Lipinski definition) is 2. The molecule has 0 aliphatic heterocycles. The van der Waals surface area contributed by atoms with Crippen molar-refractivity contribution in [3.63, 3.8) is 0 Å². The largest absolute Gasteiger partial charge is 0.398 e. The van der Waals surface area contributed by atoms with E-state index < -0.39 is 4.92 Å². The highest BCUT2D eigenvalue weighted by Gasteiger charge is 2.08. The molecule has 0 fully saturated rings. The van der Waals surface area contributed by atoms with Crippen molar-refractivity contribution in [3.8, 4) is 0 Å². The van der Waals surface area contributed by atoms with Gasteiger partial charge in [0.2, 0.25) is 0 Å². The molecule has 2 aromatic rings. The van der Waals surface area contributed by atoms with E-state index in [1.54, 1.807) is 18.5 Å². The van der Waals surface area contributed by atoms with E-state index in [2.05, 4.69) is 15.3 Å². The molecule has 0 radical (unpaired) electrons. The Bertz CT molecular complexity index is 598. The van der Waals surface area contributed by atoms with E-state index in [1.807, 2.05) is 6.92 Å². The average molecular weight is 259 g/mol. The summed E-state index contributed by atoms with van der Waals surface area (Å²) >= 11 is 0. The van der Waals surface area contributed by atoms with Crippen LogP contribution in [0.4, 0.5) is 17.1 Å². The molecule has 0 aliphatic rings. The quantitative estimate of drug-likeness (QED) is 0.493. The van der Waals surface area contributed by atoms with Gasteiger partial charge in [0.1, 0.15) is 0 Å².